The van der Waals surface area contributed by atoms with E-state index in [9.17, 15) is 14.4 Å². The van der Waals surface area contributed by atoms with Crippen molar-refractivity contribution in [1.82, 2.24) is 4.90 Å². The second-order valence-corrected chi connectivity index (χ2v) is 8.86. The van der Waals surface area contributed by atoms with Gasteiger partial charge in [-0.3, -0.25) is 19.3 Å². The molecule has 3 amide bonds. The fourth-order valence-corrected chi connectivity index (χ4v) is 4.52. The van der Waals surface area contributed by atoms with Gasteiger partial charge in [0.2, 0.25) is 12.7 Å². The van der Waals surface area contributed by atoms with E-state index in [1.165, 1.54) is 13.2 Å². The molecule has 2 aliphatic rings. The number of fused-ring (bicyclic) bond motifs is 1. The quantitative estimate of drug-likeness (QED) is 0.459. The molecule has 0 atom stereocenters. The summed E-state index contributed by atoms with van der Waals surface area (Å²) in [5, 5.41) is 2.61. The first-order chi connectivity index (χ1) is 16.9. The number of halogens is 1. The summed E-state index contributed by atoms with van der Waals surface area (Å²) < 4.78 is 21.7. The minimum Gasteiger partial charge on any atom is -0.496 e. The third-order valence-electron chi connectivity index (χ3n) is 5.16. The van der Waals surface area contributed by atoms with E-state index in [0.29, 0.717) is 45.0 Å². The number of imide groups is 1. The van der Waals surface area contributed by atoms with Crippen LogP contribution in [0, 0.1) is 0 Å². The molecule has 2 aliphatic heterocycles. The molecule has 3 aromatic rings. The second kappa shape index (κ2) is 9.40. The zero-order valence-electron chi connectivity index (χ0n) is 18.2. The molecular weight excluding hydrogens is 496 g/mol. The van der Waals surface area contributed by atoms with Crippen LogP contribution in [0.2, 0.25) is 5.02 Å². The number of hydrogen-bond donors (Lipinski definition) is 1. The summed E-state index contributed by atoms with van der Waals surface area (Å²) >= 11 is 6.82. The van der Waals surface area contributed by atoms with Gasteiger partial charge in [0, 0.05) is 22.9 Å². The predicted octanol–water partition coefficient (Wildman–Crippen LogP) is 5.01. The molecule has 11 heteroatoms. The number of ether oxygens (including phenoxy) is 3. The van der Waals surface area contributed by atoms with Crippen molar-refractivity contribution in [3.63, 3.8) is 0 Å². The van der Waals surface area contributed by atoms with Gasteiger partial charge in [-0.1, -0.05) is 11.6 Å². The SMILES string of the molecule is COc1ccc(Cl)cc1-c1ccc(/C=C2/SC(=O)N(CC(=O)Nc3ccc4c(c3)OCO4)C2=O)o1. The van der Waals surface area contributed by atoms with Gasteiger partial charge in [0.05, 0.1) is 17.6 Å². The van der Waals surface area contributed by atoms with Crippen LogP contribution in [-0.4, -0.2) is 42.4 Å². The molecule has 1 N–H and O–H groups in total. The minimum absolute atomic E-state index is 0.111. The lowest BCUT2D eigenvalue weighted by atomic mass is 10.1. The van der Waals surface area contributed by atoms with Crippen LogP contribution in [0.25, 0.3) is 17.4 Å². The number of hydrogen-bond acceptors (Lipinski definition) is 8. The topological polar surface area (TPSA) is 107 Å². The number of anilines is 1. The maximum atomic E-state index is 12.8. The Hall–Kier alpha value is -3.89. The highest BCUT2D eigenvalue weighted by atomic mass is 35.5. The molecule has 35 heavy (non-hydrogen) atoms. The lowest BCUT2D eigenvalue weighted by Crippen LogP contribution is -2.36. The summed E-state index contributed by atoms with van der Waals surface area (Å²) in [7, 11) is 1.54. The number of thioether (sulfide) groups is 1. The zero-order chi connectivity index (χ0) is 24.5. The van der Waals surface area contributed by atoms with Crippen LogP contribution >= 0.6 is 23.4 Å². The van der Waals surface area contributed by atoms with Gasteiger partial charge in [0.25, 0.3) is 11.1 Å². The Kier molecular flexibility index (Phi) is 6.14. The van der Waals surface area contributed by atoms with E-state index >= 15 is 0 Å². The van der Waals surface area contributed by atoms with Gasteiger partial charge in [-0.05, 0) is 54.2 Å². The number of furan rings is 1. The fourth-order valence-electron chi connectivity index (χ4n) is 3.53. The van der Waals surface area contributed by atoms with Crippen molar-refractivity contribution in [3.8, 4) is 28.6 Å². The zero-order valence-corrected chi connectivity index (χ0v) is 19.8. The van der Waals surface area contributed by atoms with Crippen molar-refractivity contribution in [1.29, 1.82) is 0 Å². The highest BCUT2D eigenvalue weighted by Gasteiger charge is 2.36. The molecule has 0 spiro atoms. The van der Waals surface area contributed by atoms with Crippen LogP contribution in [0.5, 0.6) is 17.2 Å². The highest BCUT2D eigenvalue weighted by molar-refractivity contribution is 8.18. The van der Waals surface area contributed by atoms with Crippen LogP contribution in [0.15, 0.2) is 57.9 Å². The van der Waals surface area contributed by atoms with E-state index in [-0.39, 0.29) is 11.7 Å². The molecule has 0 aliphatic carbocycles. The number of benzene rings is 2. The highest BCUT2D eigenvalue weighted by Crippen LogP contribution is 2.37. The van der Waals surface area contributed by atoms with Crippen molar-refractivity contribution in [2.45, 2.75) is 0 Å². The summed E-state index contributed by atoms with van der Waals surface area (Å²) in [6.45, 7) is -0.320. The maximum Gasteiger partial charge on any atom is 0.294 e. The second-order valence-electron chi connectivity index (χ2n) is 7.43. The van der Waals surface area contributed by atoms with Crippen molar-refractivity contribution >= 4 is 52.2 Å². The first kappa shape index (κ1) is 22.9. The number of amides is 3. The van der Waals surface area contributed by atoms with Gasteiger partial charge in [-0.2, -0.15) is 0 Å². The molecule has 5 rings (SSSR count). The van der Waals surface area contributed by atoms with E-state index in [1.807, 2.05) is 0 Å². The molecule has 0 bridgehead atoms. The van der Waals surface area contributed by atoms with Crippen molar-refractivity contribution < 1.29 is 33.0 Å². The summed E-state index contributed by atoms with van der Waals surface area (Å²) in [5.41, 5.74) is 1.11. The smallest absolute Gasteiger partial charge is 0.294 e. The standard InChI is InChI=1S/C24H17ClN2O7S/c1-31-17-5-2-13(25)8-16(17)18-7-4-15(34-18)10-21-23(29)27(24(30)35-21)11-22(28)26-14-3-6-19-20(9-14)33-12-32-19/h2-10H,11-12H2,1H3,(H,26,28)/b21-10+. The lowest BCUT2D eigenvalue weighted by Gasteiger charge is -2.12. The molecule has 0 radical (unpaired) electrons. The van der Waals surface area contributed by atoms with E-state index in [0.717, 1.165) is 16.7 Å². The molecule has 2 aromatic carbocycles. The number of rotatable bonds is 6. The fraction of sp³-hybridized carbons (Fsp3) is 0.125. The first-order valence-corrected chi connectivity index (χ1v) is 11.5. The number of nitrogens with one attached hydrogen (secondary N) is 1. The Balaban J connectivity index is 1.28. The molecular formula is C24H17ClN2O7S. The van der Waals surface area contributed by atoms with Crippen LogP contribution in [0.1, 0.15) is 5.76 Å². The van der Waals surface area contributed by atoms with Gasteiger partial charge >= 0.3 is 0 Å². The predicted molar refractivity (Wildman–Crippen MR) is 130 cm³/mol. The van der Waals surface area contributed by atoms with E-state index in [1.54, 1.807) is 48.5 Å². The molecule has 0 saturated carbocycles. The third kappa shape index (κ3) is 4.71. The van der Waals surface area contributed by atoms with E-state index < -0.39 is 23.6 Å². The maximum absolute atomic E-state index is 12.8. The molecule has 1 aromatic heterocycles. The molecule has 178 valence electrons. The lowest BCUT2D eigenvalue weighted by molar-refractivity contribution is -0.127. The average Bonchev–Trinajstić information content (AvgIpc) is 3.55. The minimum atomic E-state index is -0.584. The van der Waals surface area contributed by atoms with Gasteiger partial charge < -0.3 is 23.9 Å². The van der Waals surface area contributed by atoms with E-state index in [4.69, 9.17) is 30.2 Å². The molecule has 3 heterocycles. The Morgan fingerprint density at radius 2 is 1.97 bits per heavy atom. The Morgan fingerprint density at radius 3 is 2.80 bits per heavy atom. The Bertz CT molecular complexity index is 1380. The summed E-state index contributed by atoms with van der Waals surface area (Å²) in [6.07, 6.45) is 1.46. The summed E-state index contributed by atoms with van der Waals surface area (Å²) in [6, 6.07) is 13.4. The Morgan fingerprint density at radius 1 is 1.14 bits per heavy atom. The van der Waals surface area contributed by atoms with Gasteiger partial charge in [-0.15, -0.1) is 0 Å². The molecule has 1 fully saturated rings. The van der Waals surface area contributed by atoms with Gasteiger partial charge in [-0.25, -0.2) is 0 Å². The average molecular weight is 513 g/mol. The number of methoxy groups -OCH3 is 1. The van der Waals surface area contributed by atoms with Crippen LogP contribution in [-0.2, 0) is 9.59 Å². The van der Waals surface area contributed by atoms with Crippen LogP contribution < -0.4 is 19.5 Å². The third-order valence-corrected chi connectivity index (χ3v) is 6.30. The number of carbonyl (C=O) groups excluding carboxylic acids is 3. The van der Waals surface area contributed by atoms with Gasteiger partial charge in [0.15, 0.2) is 11.5 Å². The molecule has 9 nitrogen and oxygen atoms in total. The molecule has 1 saturated heterocycles. The summed E-state index contributed by atoms with van der Waals surface area (Å²) in [4.78, 5) is 38.7. The van der Waals surface area contributed by atoms with Crippen molar-refractivity contribution in [2.24, 2.45) is 0 Å². The Labute approximate surface area is 208 Å². The molecule has 0 unspecified atom stereocenters. The normalized spacial score (nSPS) is 15.7. The van der Waals surface area contributed by atoms with Crippen LogP contribution in [0.4, 0.5) is 10.5 Å². The van der Waals surface area contributed by atoms with Crippen molar-refractivity contribution in [3.05, 3.63) is 64.2 Å². The number of nitrogens with zero attached hydrogens (tertiary/aromatic N) is 1. The van der Waals surface area contributed by atoms with Crippen LogP contribution in [0.3, 0.4) is 0 Å². The monoisotopic (exact) mass is 512 g/mol. The van der Waals surface area contributed by atoms with E-state index in [2.05, 4.69) is 5.32 Å². The largest absolute Gasteiger partial charge is 0.496 e. The van der Waals surface area contributed by atoms with Gasteiger partial charge in [0.1, 0.15) is 23.8 Å². The van der Waals surface area contributed by atoms with Crippen molar-refractivity contribution in [2.75, 3.05) is 25.8 Å². The summed E-state index contributed by atoms with van der Waals surface area (Å²) in [5.74, 6) is 1.39. The number of carbonyl (C=O) groups is 3. The first-order valence-electron chi connectivity index (χ1n) is 10.3.